The summed E-state index contributed by atoms with van der Waals surface area (Å²) in [5.41, 5.74) is 2.78. The van der Waals surface area contributed by atoms with Gasteiger partial charge in [0.15, 0.2) is 0 Å². The van der Waals surface area contributed by atoms with E-state index in [0.717, 1.165) is 30.8 Å². The van der Waals surface area contributed by atoms with Crippen molar-refractivity contribution in [3.05, 3.63) is 35.9 Å². The molecule has 0 heterocycles. The zero-order valence-corrected chi connectivity index (χ0v) is 12.4. The molecule has 1 N–H and O–H groups in total. The number of carbonyl (C=O) groups is 1. The molecule has 0 saturated carbocycles. The van der Waals surface area contributed by atoms with Crippen molar-refractivity contribution in [2.24, 2.45) is 0 Å². The number of hydrogen-bond donors (Lipinski definition) is 1. The Balaban J connectivity index is 2.72. The van der Waals surface area contributed by atoms with Crippen LogP contribution >= 0.6 is 0 Å². The molecular formula is C16H24N2O. The van der Waals surface area contributed by atoms with E-state index in [1.54, 1.807) is 0 Å². The van der Waals surface area contributed by atoms with Gasteiger partial charge < -0.3 is 10.2 Å². The molecule has 0 aliphatic rings. The van der Waals surface area contributed by atoms with Gasteiger partial charge in [0.1, 0.15) is 0 Å². The van der Waals surface area contributed by atoms with Crippen molar-refractivity contribution in [2.45, 2.75) is 34.1 Å². The number of hydrogen-bond acceptors (Lipinski definition) is 2. The SMILES string of the molecule is CC/C=C(/C)C(=O)Nc1ccc(N(CC)CC)cc1. The molecule has 19 heavy (non-hydrogen) atoms. The number of rotatable bonds is 6. The highest BCUT2D eigenvalue weighted by Gasteiger charge is 2.05. The number of nitrogens with zero attached hydrogens (tertiary/aromatic N) is 1. The summed E-state index contributed by atoms with van der Waals surface area (Å²) in [6, 6.07) is 7.98. The predicted octanol–water partition coefficient (Wildman–Crippen LogP) is 3.83. The minimum atomic E-state index is -0.0301. The molecule has 0 radical (unpaired) electrons. The first-order valence-electron chi connectivity index (χ1n) is 6.95. The van der Waals surface area contributed by atoms with E-state index in [9.17, 15) is 4.79 Å². The van der Waals surface area contributed by atoms with Crippen molar-refractivity contribution in [3.8, 4) is 0 Å². The van der Waals surface area contributed by atoms with E-state index in [0.29, 0.717) is 0 Å². The molecule has 0 bridgehead atoms. The Hall–Kier alpha value is -1.77. The van der Waals surface area contributed by atoms with Crippen molar-refractivity contribution in [1.82, 2.24) is 0 Å². The highest BCUT2D eigenvalue weighted by Crippen LogP contribution is 2.18. The molecule has 3 heteroatoms. The monoisotopic (exact) mass is 260 g/mol. The molecule has 0 aliphatic carbocycles. The number of allylic oxidation sites excluding steroid dienone is 1. The van der Waals surface area contributed by atoms with Crippen LogP contribution < -0.4 is 10.2 Å². The average molecular weight is 260 g/mol. The van der Waals surface area contributed by atoms with Gasteiger partial charge >= 0.3 is 0 Å². The summed E-state index contributed by atoms with van der Waals surface area (Å²) < 4.78 is 0. The molecule has 0 fully saturated rings. The molecule has 3 nitrogen and oxygen atoms in total. The van der Waals surface area contributed by atoms with E-state index in [2.05, 4.69) is 24.1 Å². The largest absolute Gasteiger partial charge is 0.372 e. The molecule has 0 atom stereocenters. The maximum atomic E-state index is 11.8. The minimum Gasteiger partial charge on any atom is -0.372 e. The molecule has 1 aromatic rings. The first-order valence-corrected chi connectivity index (χ1v) is 6.95. The summed E-state index contributed by atoms with van der Waals surface area (Å²) in [7, 11) is 0. The fraction of sp³-hybridized carbons (Fsp3) is 0.438. The molecule has 1 rings (SSSR count). The second kappa shape index (κ2) is 7.62. The number of carbonyl (C=O) groups excluding carboxylic acids is 1. The van der Waals surface area contributed by atoms with Crippen LogP contribution in [-0.4, -0.2) is 19.0 Å². The van der Waals surface area contributed by atoms with Crippen molar-refractivity contribution in [2.75, 3.05) is 23.3 Å². The lowest BCUT2D eigenvalue weighted by Gasteiger charge is -2.21. The third-order valence-electron chi connectivity index (χ3n) is 3.12. The first kappa shape index (κ1) is 15.3. The lowest BCUT2D eigenvalue weighted by atomic mass is 10.2. The van der Waals surface area contributed by atoms with Crippen molar-refractivity contribution >= 4 is 17.3 Å². The van der Waals surface area contributed by atoms with Gasteiger partial charge in [-0.25, -0.2) is 0 Å². The predicted molar refractivity (Wildman–Crippen MR) is 82.7 cm³/mol. The number of nitrogens with one attached hydrogen (secondary N) is 1. The fourth-order valence-electron chi connectivity index (χ4n) is 1.97. The average Bonchev–Trinajstić information content (AvgIpc) is 2.42. The Morgan fingerprint density at radius 2 is 1.74 bits per heavy atom. The Morgan fingerprint density at radius 1 is 1.16 bits per heavy atom. The number of benzene rings is 1. The Labute approximate surface area is 116 Å². The summed E-state index contributed by atoms with van der Waals surface area (Å²) in [5.74, 6) is -0.0301. The van der Waals surface area contributed by atoms with Gasteiger partial charge in [-0.1, -0.05) is 13.0 Å². The van der Waals surface area contributed by atoms with E-state index < -0.39 is 0 Å². The second-order valence-corrected chi connectivity index (χ2v) is 4.47. The van der Waals surface area contributed by atoms with Gasteiger partial charge in [0.25, 0.3) is 5.91 Å². The number of amides is 1. The van der Waals surface area contributed by atoms with Crippen LogP contribution in [0.25, 0.3) is 0 Å². The molecule has 0 saturated heterocycles. The third-order valence-corrected chi connectivity index (χ3v) is 3.12. The molecule has 0 unspecified atom stereocenters. The van der Waals surface area contributed by atoms with Crippen molar-refractivity contribution in [1.29, 1.82) is 0 Å². The molecular weight excluding hydrogens is 236 g/mol. The second-order valence-electron chi connectivity index (χ2n) is 4.47. The smallest absolute Gasteiger partial charge is 0.250 e. The summed E-state index contributed by atoms with van der Waals surface area (Å²) >= 11 is 0. The van der Waals surface area contributed by atoms with E-state index in [-0.39, 0.29) is 5.91 Å². The summed E-state index contributed by atoms with van der Waals surface area (Å²) in [5, 5.41) is 2.90. The highest BCUT2D eigenvalue weighted by molar-refractivity contribution is 6.03. The van der Waals surface area contributed by atoms with Crippen LogP contribution in [0.5, 0.6) is 0 Å². The van der Waals surface area contributed by atoms with E-state index in [4.69, 9.17) is 0 Å². The van der Waals surface area contributed by atoms with Gasteiger partial charge in [0, 0.05) is 30.0 Å². The van der Waals surface area contributed by atoms with Crippen LogP contribution in [0.2, 0.25) is 0 Å². The topological polar surface area (TPSA) is 32.3 Å². The third kappa shape index (κ3) is 4.43. The standard InChI is InChI=1S/C16H24N2O/c1-5-8-13(4)16(19)17-14-9-11-15(12-10-14)18(6-2)7-3/h8-12H,5-7H2,1-4H3,(H,17,19)/b13-8-. The summed E-state index contributed by atoms with van der Waals surface area (Å²) in [6.07, 6.45) is 2.81. The molecule has 1 amide bonds. The molecule has 1 aromatic carbocycles. The number of anilines is 2. The summed E-state index contributed by atoms with van der Waals surface area (Å²) in [6.45, 7) is 10.1. The van der Waals surface area contributed by atoms with Gasteiger partial charge in [0.05, 0.1) is 0 Å². The molecule has 0 aromatic heterocycles. The zero-order chi connectivity index (χ0) is 14.3. The first-order chi connectivity index (χ1) is 9.12. The van der Waals surface area contributed by atoms with E-state index >= 15 is 0 Å². The summed E-state index contributed by atoms with van der Waals surface area (Å²) in [4.78, 5) is 14.1. The van der Waals surface area contributed by atoms with E-state index in [1.165, 1.54) is 5.69 Å². The van der Waals surface area contributed by atoms with Gasteiger partial charge in [-0.05, 0) is 51.5 Å². The Kier molecular flexibility index (Phi) is 6.13. The normalized spacial score (nSPS) is 11.3. The Morgan fingerprint density at radius 3 is 2.21 bits per heavy atom. The van der Waals surface area contributed by atoms with Gasteiger partial charge in [-0.2, -0.15) is 0 Å². The molecule has 0 aliphatic heterocycles. The zero-order valence-electron chi connectivity index (χ0n) is 12.4. The van der Waals surface area contributed by atoms with Crippen LogP contribution in [0.3, 0.4) is 0 Å². The maximum Gasteiger partial charge on any atom is 0.250 e. The lowest BCUT2D eigenvalue weighted by molar-refractivity contribution is -0.112. The lowest BCUT2D eigenvalue weighted by Crippen LogP contribution is -2.21. The van der Waals surface area contributed by atoms with Crippen LogP contribution in [0.15, 0.2) is 35.9 Å². The maximum absolute atomic E-state index is 11.8. The van der Waals surface area contributed by atoms with Crippen LogP contribution in [0.4, 0.5) is 11.4 Å². The van der Waals surface area contributed by atoms with Crippen LogP contribution in [-0.2, 0) is 4.79 Å². The van der Waals surface area contributed by atoms with Crippen molar-refractivity contribution in [3.63, 3.8) is 0 Å². The quantitative estimate of drug-likeness (QED) is 0.788. The van der Waals surface area contributed by atoms with Gasteiger partial charge in [0.2, 0.25) is 0 Å². The molecule has 0 spiro atoms. The Bertz CT molecular complexity index is 431. The van der Waals surface area contributed by atoms with Crippen LogP contribution in [0, 0.1) is 0 Å². The van der Waals surface area contributed by atoms with Crippen LogP contribution in [0.1, 0.15) is 34.1 Å². The molecule has 104 valence electrons. The van der Waals surface area contributed by atoms with E-state index in [1.807, 2.05) is 44.2 Å². The van der Waals surface area contributed by atoms with Crippen molar-refractivity contribution < 1.29 is 4.79 Å². The minimum absolute atomic E-state index is 0.0301. The van der Waals surface area contributed by atoms with Gasteiger partial charge in [-0.15, -0.1) is 0 Å². The van der Waals surface area contributed by atoms with Gasteiger partial charge in [-0.3, -0.25) is 4.79 Å². The highest BCUT2D eigenvalue weighted by atomic mass is 16.1. The fourth-order valence-corrected chi connectivity index (χ4v) is 1.97.